The van der Waals surface area contributed by atoms with E-state index in [0.717, 1.165) is 0 Å². The summed E-state index contributed by atoms with van der Waals surface area (Å²) in [6.07, 6.45) is -0.159. The Bertz CT molecular complexity index is 545. The minimum absolute atomic E-state index is 0.105. The van der Waals surface area contributed by atoms with E-state index >= 15 is 0 Å². The number of esters is 1. The fourth-order valence-corrected chi connectivity index (χ4v) is 1.83. The number of rotatable bonds is 8. The van der Waals surface area contributed by atoms with Crippen molar-refractivity contribution in [1.82, 2.24) is 10.3 Å². The molecular weight excluding hydrogens is 300 g/mol. The Kier molecular flexibility index (Phi) is 7.34. The van der Waals surface area contributed by atoms with E-state index in [-0.39, 0.29) is 30.4 Å². The number of hydrogen-bond acceptors (Lipinski definition) is 6. The third kappa shape index (κ3) is 6.56. The van der Waals surface area contributed by atoms with Crippen molar-refractivity contribution in [3.63, 3.8) is 0 Å². The monoisotopic (exact) mass is 322 g/mol. The summed E-state index contributed by atoms with van der Waals surface area (Å²) < 4.78 is 5.07. The van der Waals surface area contributed by atoms with Crippen molar-refractivity contribution in [1.29, 1.82) is 0 Å². The Labute approximate surface area is 135 Å². The maximum atomic E-state index is 12.1. The molecule has 0 aliphatic carbocycles. The maximum absolute atomic E-state index is 12.1. The molecule has 1 heterocycles. The number of Topliss-reactive ketones (excluding diaryl/α,β-unsaturated/α-hetero) is 1. The van der Waals surface area contributed by atoms with Crippen LogP contribution in [0.2, 0.25) is 0 Å². The van der Waals surface area contributed by atoms with E-state index in [1.807, 2.05) is 0 Å². The zero-order chi connectivity index (χ0) is 17.4. The zero-order valence-corrected chi connectivity index (χ0v) is 13.5. The van der Waals surface area contributed by atoms with Crippen LogP contribution >= 0.6 is 0 Å². The second-order valence-electron chi connectivity index (χ2n) is 5.44. The first-order chi connectivity index (χ1) is 10.8. The van der Waals surface area contributed by atoms with Crippen LogP contribution in [-0.4, -0.2) is 39.9 Å². The van der Waals surface area contributed by atoms with Gasteiger partial charge < -0.3 is 20.0 Å². The van der Waals surface area contributed by atoms with Gasteiger partial charge in [-0.05, 0) is 39.3 Å². The van der Waals surface area contributed by atoms with E-state index in [0.29, 0.717) is 0 Å². The highest BCUT2D eigenvalue weighted by Gasteiger charge is 2.27. The smallest absolute Gasteiger partial charge is 0.328 e. The average Bonchev–Trinajstić information content (AvgIpc) is 2.50. The summed E-state index contributed by atoms with van der Waals surface area (Å²) in [5.74, 6) is -1.51. The van der Waals surface area contributed by atoms with Crippen LogP contribution in [0.3, 0.4) is 0 Å². The van der Waals surface area contributed by atoms with Crippen molar-refractivity contribution in [3.8, 4) is 0 Å². The minimum atomic E-state index is -1.50. The molecule has 7 heteroatoms. The quantitative estimate of drug-likeness (QED) is 0.690. The summed E-state index contributed by atoms with van der Waals surface area (Å²) in [6.45, 7) is 4.77. The second-order valence-corrected chi connectivity index (χ2v) is 5.44. The first-order valence-corrected chi connectivity index (χ1v) is 7.40. The molecule has 126 valence electrons. The van der Waals surface area contributed by atoms with Crippen LogP contribution in [0.5, 0.6) is 0 Å². The number of aliphatic hydroxyl groups is 1. The van der Waals surface area contributed by atoms with Crippen molar-refractivity contribution >= 4 is 17.7 Å². The van der Waals surface area contributed by atoms with E-state index in [9.17, 15) is 19.5 Å². The normalized spacial score (nSPS) is 13.3. The highest BCUT2D eigenvalue weighted by atomic mass is 16.5. The van der Waals surface area contributed by atoms with Gasteiger partial charge in [0.05, 0.1) is 11.8 Å². The van der Waals surface area contributed by atoms with Crippen LogP contribution in [0.4, 0.5) is 0 Å². The van der Waals surface area contributed by atoms with Crippen molar-refractivity contribution < 1.29 is 24.2 Å². The first-order valence-electron chi connectivity index (χ1n) is 7.40. The average molecular weight is 322 g/mol. The van der Waals surface area contributed by atoms with Crippen molar-refractivity contribution in [2.45, 2.75) is 51.9 Å². The van der Waals surface area contributed by atoms with E-state index in [1.54, 1.807) is 26.0 Å². The molecule has 1 rings (SSSR count). The lowest BCUT2D eigenvalue weighted by molar-refractivity contribution is -0.152. The van der Waals surface area contributed by atoms with Gasteiger partial charge in [0.25, 0.3) is 5.91 Å². The highest BCUT2D eigenvalue weighted by molar-refractivity contribution is 5.87. The molecule has 1 aromatic rings. The minimum Gasteiger partial charge on any atom is -0.461 e. The number of ketones is 1. The highest BCUT2D eigenvalue weighted by Crippen LogP contribution is 2.11. The Morgan fingerprint density at radius 2 is 2.00 bits per heavy atom. The standard InChI is InChI=1S/C16H22N2O5/c1-10(2)23-16(22)13(8-7-11(3)19)18-15(21)14(20)12-6-4-5-9-17-12/h4-6,9-10,13-14,20H,7-8H2,1-3H3,(H,18,21)/t13-,14+/m0/s1. The van der Waals surface area contributed by atoms with Crippen molar-refractivity contribution in [3.05, 3.63) is 30.1 Å². The van der Waals surface area contributed by atoms with E-state index in [1.165, 1.54) is 19.2 Å². The molecule has 2 atom stereocenters. The number of amides is 1. The molecule has 0 unspecified atom stereocenters. The van der Waals surface area contributed by atoms with Gasteiger partial charge in [-0.2, -0.15) is 0 Å². The van der Waals surface area contributed by atoms with E-state index in [4.69, 9.17) is 4.74 Å². The zero-order valence-electron chi connectivity index (χ0n) is 13.5. The van der Waals surface area contributed by atoms with E-state index < -0.39 is 24.0 Å². The topological polar surface area (TPSA) is 106 Å². The van der Waals surface area contributed by atoms with Gasteiger partial charge in [-0.1, -0.05) is 6.07 Å². The van der Waals surface area contributed by atoms with Crippen molar-refractivity contribution in [2.75, 3.05) is 0 Å². The second kappa shape index (κ2) is 8.99. The number of nitrogens with one attached hydrogen (secondary N) is 1. The van der Waals surface area contributed by atoms with Gasteiger partial charge in [0.2, 0.25) is 0 Å². The Balaban J connectivity index is 2.76. The Morgan fingerprint density at radius 1 is 1.30 bits per heavy atom. The van der Waals surface area contributed by atoms with Crippen LogP contribution in [0.1, 0.15) is 45.4 Å². The molecule has 0 aliphatic heterocycles. The van der Waals surface area contributed by atoms with Crippen LogP contribution < -0.4 is 5.32 Å². The number of pyridine rings is 1. The maximum Gasteiger partial charge on any atom is 0.328 e. The Hall–Kier alpha value is -2.28. The molecule has 1 amide bonds. The number of carbonyl (C=O) groups excluding carboxylic acids is 3. The molecule has 0 saturated carbocycles. The SMILES string of the molecule is CC(=O)CC[C@H](NC(=O)[C@H](O)c1ccccn1)C(=O)OC(C)C. The lowest BCUT2D eigenvalue weighted by Crippen LogP contribution is -2.44. The molecule has 0 saturated heterocycles. The Morgan fingerprint density at radius 3 is 2.52 bits per heavy atom. The molecular formula is C16H22N2O5. The number of ether oxygens (including phenoxy) is 1. The van der Waals surface area contributed by atoms with Gasteiger partial charge in [-0.25, -0.2) is 4.79 Å². The van der Waals surface area contributed by atoms with Crippen molar-refractivity contribution in [2.24, 2.45) is 0 Å². The predicted octanol–water partition coefficient (Wildman–Crippen LogP) is 0.921. The fourth-order valence-electron chi connectivity index (χ4n) is 1.83. The molecule has 0 bridgehead atoms. The molecule has 0 aromatic carbocycles. The van der Waals surface area contributed by atoms with E-state index in [2.05, 4.69) is 10.3 Å². The lowest BCUT2D eigenvalue weighted by atomic mass is 10.1. The van der Waals surface area contributed by atoms with Gasteiger partial charge in [-0.15, -0.1) is 0 Å². The van der Waals surface area contributed by atoms with Crippen LogP contribution in [0, 0.1) is 0 Å². The molecule has 0 fully saturated rings. The molecule has 1 aromatic heterocycles. The third-order valence-electron chi connectivity index (χ3n) is 2.95. The number of hydrogen-bond donors (Lipinski definition) is 2. The summed E-state index contributed by atoms with van der Waals surface area (Å²) in [6, 6.07) is 3.80. The fraction of sp³-hybridized carbons (Fsp3) is 0.500. The van der Waals surface area contributed by atoms with Gasteiger partial charge in [0.15, 0.2) is 6.10 Å². The summed E-state index contributed by atoms with van der Waals surface area (Å²) in [5, 5.41) is 12.4. The van der Waals surface area contributed by atoms with Gasteiger partial charge in [0, 0.05) is 12.6 Å². The summed E-state index contributed by atoms with van der Waals surface area (Å²) in [7, 11) is 0. The third-order valence-corrected chi connectivity index (χ3v) is 2.95. The molecule has 0 radical (unpaired) electrons. The van der Waals surface area contributed by atoms with Gasteiger partial charge >= 0.3 is 5.97 Å². The van der Waals surface area contributed by atoms with Crippen LogP contribution in [0.15, 0.2) is 24.4 Å². The largest absolute Gasteiger partial charge is 0.461 e. The summed E-state index contributed by atoms with van der Waals surface area (Å²) >= 11 is 0. The number of carbonyl (C=O) groups is 3. The van der Waals surface area contributed by atoms with Crippen LogP contribution in [-0.2, 0) is 19.1 Å². The first kappa shape index (κ1) is 18.8. The predicted molar refractivity (Wildman–Crippen MR) is 82.3 cm³/mol. The molecule has 2 N–H and O–H groups in total. The number of nitrogens with zero attached hydrogens (tertiary/aromatic N) is 1. The summed E-state index contributed by atoms with van der Waals surface area (Å²) in [4.78, 5) is 39.1. The van der Waals surface area contributed by atoms with Crippen LogP contribution in [0.25, 0.3) is 0 Å². The lowest BCUT2D eigenvalue weighted by Gasteiger charge is -2.20. The van der Waals surface area contributed by atoms with Gasteiger partial charge in [-0.3, -0.25) is 9.78 Å². The molecule has 0 aliphatic rings. The molecule has 7 nitrogen and oxygen atoms in total. The number of aromatic nitrogens is 1. The summed E-state index contributed by atoms with van der Waals surface area (Å²) in [5.41, 5.74) is 0.174. The molecule has 0 spiro atoms. The number of aliphatic hydroxyl groups excluding tert-OH is 1. The van der Waals surface area contributed by atoms with Gasteiger partial charge in [0.1, 0.15) is 11.8 Å². The molecule has 23 heavy (non-hydrogen) atoms.